The van der Waals surface area contributed by atoms with Gasteiger partial charge in [-0.05, 0) is 53.9 Å². The van der Waals surface area contributed by atoms with E-state index in [1.807, 2.05) is 30.5 Å². The number of halogens is 2. The highest BCUT2D eigenvalue weighted by Gasteiger charge is 2.27. The maximum Gasteiger partial charge on any atom is 0.257 e. The van der Waals surface area contributed by atoms with Crippen LogP contribution in [-0.2, 0) is 10.5 Å². The molecule has 0 aliphatic rings. The molecule has 1 aromatic heterocycles. The molecule has 0 unspecified atom stereocenters. The average Bonchev–Trinajstić information content (AvgIpc) is 2.77. The topological polar surface area (TPSA) is 71.1 Å². The zero-order chi connectivity index (χ0) is 23.1. The van der Waals surface area contributed by atoms with Crippen molar-refractivity contribution in [3.63, 3.8) is 0 Å². The smallest absolute Gasteiger partial charge is 0.257 e. The molecule has 8 heteroatoms. The van der Waals surface area contributed by atoms with Crippen molar-refractivity contribution >= 4 is 29.3 Å². The van der Waals surface area contributed by atoms with Gasteiger partial charge in [0.2, 0.25) is 5.91 Å². The standard InChI is InChI=1S/C24H23F2N3O2S/c1-15(2)22(29-23(30)21-19(25)6-3-7-20(21)26)24(31)28-17-8-10-18(11-9-17)32-14-16-5-4-12-27-13-16/h3-13,15,22H,14H2,1-2H3,(H,28,31)(H,29,30)/t22-/m0/s1. The normalized spacial score (nSPS) is 11.8. The van der Waals surface area contributed by atoms with Gasteiger partial charge in [-0.15, -0.1) is 11.8 Å². The summed E-state index contributed by atoms with van der Waals surface area (Å²) in [6, 6.07) is 13.4. The number of carbonyl (C=O) groups is 2. The van der Waals surface area contributed by atoms with Crippen molar-refractivity contribution in [1.82, 2.24) is 10.3 Å². The fraction of sp³-hybridized carbons (Fsp3) is 0.208. The van der Waals surface area contributed by atoms with Crippen LogP contribution in [0.4, 0.5) is 14.5 Å². The molecule has 3 aromatic rings. The van der Waals surface area contributed by atoms with Gasteiger partial charge in [-0.2, -0.15) is 0 Å². The second-order valence-corrected chi connectivity index (χ2v) is 8.50. The molecule has 0 fully saturated rings. The SMILES string of the molecule is CC(C)[C@H](NC(=O)c1c(F)cccc1F)C(=O)Nc1ccc(SCc2cccnc2)cc1. The number of thioether (sulfide) groups is 1. The summed E-state index contributed by atoms with van der Waals surface area (Å²) >= 11 is 1.64. The molecule has 1 atom stereocenters. The van der Waals surface area contributed by atoms with Gasteiger partial charge in [0.25, 0.3) is 5.91 Å². The van der Waals surface area contributed by atoms with Gasteiger partial charge < -0.3 is 10.6 Å². The first-order valence-corrected chi connectivity index (χ1v) is 11.0. The summed E-state index contributed by atoms with van der Waals surface area (Å²) in [5.74, 6) is -2.94. The summed E-state index contributed by atoms with van der Waals surface area (Å²) in [7, 11) is 0. The van der Waals surface area contributed by atoms with Crippen molar-refractivity contribution < 1.29 is 18.4 Å². The molecule has 2 aromatic carbocycles. The summed E-state index contributed by atoms with van der Waals surface area (Å²) in [6.45, 7) is 3.47. The number of amides is 2. The van der Waals surface area contributed by atoms with Crippen molar-refractivity contribution in [1.29, 1.82) is 0 Å². The number of pyridine rings is 1. The number of carbonyl (C=O) groups excluding carboxylic acids is 2. The van der Waals surface area contributed by atoms with Crippen LogP contribution in [0.5, 0.6) is 0 Å². The van der Waals surface area contributed by atoms with E-state index >= 15 is 0 Å². The van der Waals surface area contributed by atoms with E-state index in [2.05, 4.69) is 15.6 Å². The zero-order valence-electron chi connectivity index (χ0n) is 17.6. The maximum atomic E-state index is 13.9. The Balaban J connectivity index is 1.62. The Labute approximate surface area is 189 Å². The van der Waals surface area contributed by atoms with Crippen LogP contribution in [0, 0.1) is 17.6 Å². The molecule has 0 spiro atoms. The highest BCUT2D eigenvalue weighted by Crippen LogP contribution is 2.24. The predicted molar refractivity (Wildman–Crippen MR) is 121 cm³/mol. The molecule has 1 heterocycles. The number of aromatic nitrogens is 1. The third-order valence-electron chi connectivity index (χ3n) is 4.68. The fourth-order valence-electron chi connectivity index (χ4n) is 2.97. The van der Waals surface area contributed by atoms with E-state index in [0.29, 0.717) is 5.69 Å². The first-order chi connectivity index (χ1) is 15.3. The van der Waals surface area contributed by atoms with E-state index in [1.54, 1.807) is 43.9 Å². The summed E-state index contributed by atoms with van der Waals surface area (Å²) in [4.78, 5) is 30.3. The molecular formula is C24H23F2N3O2S. The van der Waals surface area contributed by atoms with Crippen molar-refractivity contribution in [2.45, 2.75) is 30.5 Å². The summed E-state index contributed by atoms with van der Waals surface area (Å²) in [5, 5.41) is 5.19. The Morgan fingerprint density at radius 1 is 1.00 bits per heavy atom. The summed E-state index contributed by atoms with van der Waals surface area (Å²) in [6.07, 6.45) is 3.54. The molecule has 5 nitrogen and oxygen atoms in total. The van der Waals surface area contributed by atoms with E-state index < -0.39 is 35.1 Å². The number of rotatable bonds is 8. The van der Waals surface area contributed by atoms with Gasteiger partial charge in [0.1, 0.15) is 23.2 Å². The van der Waals surface area contributed by atoms with Gasteiger partial charge in [-0.1, -0.05) is 26.0 Å². The molecular weight excluding hydrogens is 432 g/mol. The Hall–Kier alpha value is -3.26. The van der Waals surface area contributed by atoms with E-state index in [-0.39, 0.29) is 5.92 Å². The zero-order valence-corrected chi connectivity index (χ0v) is 18.5. The minimum absolute atomic E-state index is 0.303. The summed E-state index contributed by atoms with van der Waals surface area (Å²) < 4.78 is 27.8. The van der Waals surface area contributed by atoms with Crippen LogP contribution in [-0.4, -0.2) is 22.8 Å². The highest BCUT2D eigenvalue weighted by atomic mass is 32.2. The number of nitrogens with one attached hydrogen (secondary N) is 2. The van der Waals surface area contributed by atoms with E-state index in [4.69, 9.17) is 0 Å². The molecule has 0 aliphatic heterocycles. The lowest BCUT2D eigenvalue weighted by Crippen LogP contribution is -2.47. The van der Waals surface area contributed by atoms with Crippen LogP contribution in [0.15, 0.2) is 71.9 Å². The van der Waals surface area contributed by atoms with Crippen LogP contribution in [0.3, 0.4) is 0 Å². The van der Waals surface area contributed by atoms with Crippen molar-refractivity contribution in [2.75, 3.05) is 5.32 Å². The van der Waals surface area contributed by atoms with Crippen LogP contribution in [0.25, 0.3) is 0 Å². The van der Waals surface area contributed by atoms with Crippen molar-refractivity contribution in [3.05, 3.63) is 89.8 Å². The molecule has 0 radical (unpaired) electrons. The minimum atomic E-state index is -0.982. The van der Waals surface area contributed by atoms with Crippen LogP contribution in [0.2, 0.25) is 0 Å². The number of benzene rings is 2. The molecule has 166 valence electrons. The second-order valence-electron chi connectivity index (χ2n) is 7.46. The van der Waals surface area contributed by atoms with Gasteiger partial charge in [-0.3, -0.25) is 14.6 Å². The Morgan fingerprint density at radius 2 is 1.69 bits per heavy atom. The highest BCUT2D eigenvalue weighted by molar-refractivity contribution is 7.98. The lowest BCUT2D eigenvalue weighted by molar-refractivity contribution is -0.118. The van der Waals surface area contributed by atoms with Gasteiger partial charge >= 0.3 is 0 Å². The van der Waals surface area contributed by atoms with Gasteiger partial charge in [0.15, 0.2) is 0 Å². The molecule has 0 aliphatic carbocycles. The van der Waals surface area contributed by atoms with E-state index in [0.717, 1.165) is 28.3 Å². The van der Waals surface area contributed by atoms with Crippen LogP contribution >= 0.6 is 11.8 Å². The third kappa shape index (κ3) is 6.13. The molecule has 2 amide bonds. The molecule has 2 N–H and O–H groups in total. The Morgan fingerprint density at radius 3 is 2.28 bits per heavy atom. The monoisotopic (exact) mass is 455 g/mol. The van der Waals surface area contributed by atoms with Crippen molar-refractivity contribution in [3.8, 4) is 0 Å². The lowest BCUT2D eigenvalue weighted by Gasteiger charge is -2.22. The molecule has 0 saturated heterocycles. The quantitative estimate of drug-likeness (QED) is 0.467. The molecule has 0 bridgehead atoms. The maximum absolute atomic E-state index is 13.9. The Bertz CT molecular complexity index is 1060. The molecule has 32 heavy (non-hydrogen) atoms. The first-order valence-electron chi connectivity index (χ1n) is 10.0. The predicted octanol–water partition coefficient (Wildman–Crippen LogP) is 5.05. The van der Waals surface area contributed by atoms with Crippen molar-refractivity contribution in [2.24, 2.45) is 5.92 Å². The first kappa shape index (κ1) is 23.4. The number of anilines is 1. The number of hydrogen-bond donors (Lipinski definition) is 2. The van der Waals surface area contributed by atoms with Gasteiger partial charge in [0.05, 0.1) is 0 Å². The van der Waals surface area contributed by atoms with Gasteiger partial charge in [-0.25, -0.2) is 8.78 Å². The fourth-order valence-corrected chi connectivity index (χ4v) is 3.80. The minimum Gasteiger partial charge on any atom is -0.340 e. The summed E-state index contributed by atoms with van der Waals surface area (Å²) in [5.41, 5.74) is 0.954. The van der Waals surface area contributed by atoms with Crippen LogP contribution in [0.1, 0.15) is 29.8 Å². The molecule has 3 rings (SSSR count). The lowest BCUT2D eigenvalue weighted by atomic mass is 10.0. The van der Waals surface area contributed by atoms with Gasteiger partial charge in [0, 0.05) is 28.7 Å². The number of hydrogen-bond acceptors (Lipinski definition) is 4. The third-order valence-corrected chi connectivity index (χ3v) is 5.76. The largest absolute Gasteiger partial charge is 0.340 e. The van der Waals surface area contributed by atoms with Crippen LogP contribution < -0.4 is 10.6 Å². The molecule has 0 saturated carbocycles. The number of nitrogens with zero attached hydrogens (tertiary/aromatic N) is 1. The Kier molecular flexibility index (Phi) is 7.94. The van der Waals surface area contributed by atoms with E-state index in [9.17, 15) is 18.4 Å². The average molecular weight is 456 g/mol. The second kappa shape index (κ2) is 10.9. The van der Waals surface area contributed by atoms with E-state index in [1.165, 1.54) is 6.07 Å².